The zero-order chi connectivity index (χ0) is 15.3. The van der Waals surface area contributed by atoms with Gasteiger partial charge < -0.3 is 5.11 Å². The molecule has 3 aliphatic carbocycles. The van der Waals surface area contributed by atoms with Crippen LogP contribution in [0.15, 0.2) is 35.9 Å². The van der Waals surface area contributed by atoms with Gasteiger partial charge in [0.2, 0.25) is 0 Å². The molecule has 1 aromatic carbocycles. The Morgan fingerprint density at radius 3 is 2.86 bits per heavy atom. The van der Waals surface area contributed by atoms with Crippen LogP contribution in [-0.2, 0) is 11.2 Å². The molecule has 1 N–H and O–H groups in total. The first kappa shape index (κ1) is 14.0. The van der Waals surface area contributed by atoms with E-state index in [0.717, 1.165) is 18.8 Å². The quantitative estimate of drug-likeness (QED) is 0.772. The Morgan fingerprint density at radius 2 is 2.05 bits per heavy atom. The summed E-state index contributed by atoms with van der Waals surface area (Å²) >= 11 is 0. The number of hydrogen-bond donors (Lipinski definition) is 1. The van der Waals surface area contributed by atoms with Crippen molar-refractivity contribution >= 4 is 5.97 Å². The lowest BCUT2D eigenvalue weighted by Crippen LogP contribution is -2.40. The molecule has 0 radical (unpaired) electrons. The molecule has 0 aromatic heterocycles. The van der Waals surface area contributed by atoms with Crippen molar-refractivity contribution in [2.24, 2.45) is 17.3 Å². The van der Waals surface area contributed by atoms with Crippen molar-refractivity contribution < 1.29 is 9.90 Å². The van der Waals surface area contributed by atoms with E-state index < -0.39 is 5.97 Å². The van der Waals surface area contributed by atoms with Crippen LogP contribution in [0.4, 0.5) is 0 Å². The van der Waals surface area contributed by atoms with Crippen LogP contribution in [-0.4, -0.2) is 11.1 Å². The van der Waals surface area contributed by atoms with Gasteiger partial charge in [-0.25, -0.2) is 4.79 Å². The smallest absolute Gasteiger partial charge is 0.328 e. The van der Waals surface area contributed by atoms with Crippen molar-refractivity contribution in [1.82, 2.24) is 0 Å². The van der Waals surface area contributed by atoms with Crippen molar-refractivity contribution in [2.75, 3.05) is 0 Å². The molecule has 0 amide bonds. The number of carboxylic acid groups (broad SMARTS) is 1. The fourth-order valence-electron chi connectivity index (χ4n) is 5.76. The van der Waals surface area contributed by atoms with E-state index >= 15 is 0 Å². The van der Waals surface area contributed by atoms with E-state index in [9.17, 15) is 4.79 Å². The number of allylic oxidation sites excluding steroid dienone is 1. The molecule has 1 aromatic rings. The Kier molecular flexibility index (Phi) is 3.18. The normalized spacial score (nSPS) is 38.2. The Morgan fingerprint density at radius 1 is 1.23 bits per heavy atom. The molecule has 2 fully saturated rings. The third-order valence-corrected chi connectivity index (χ3v) is 6.78. The Hall–Kier alpha value is -1.57. The minimum Gasteiger partial charge on any atom is -0.478 e. The average molecular weight is 296 g/mol. The highest BCUT2D eigenvalue weighted by atomic mass is 16.4. The predicted molar refractivity (Wildman–Crippen MR) is 86.8 cm³/mol. The van der Waals surface area contributed by atoms with Crippen LogP contribution in [0.3, 0.4) is 0 Å². The average Bonchev–Trinajstić information content (AvgIpc) is 2.83. The second-order valence-corrected chi connectivity index (χ2v) is 7.62. The molecule has 0 bridgehead atoms. The maximum absolute atomic E-state index is 11.1. The van der Waals surface area contributed by atoms with Gasteiger partial charge in [0.25, 0.3) is 0 Å². The van der Waals surface area contributed by atoms with E-state index in [-0.39, 0.29) is 5.41 Å². The van der Waals surface area contributed by atoms with Gasteiger partial charge in [-0.3, -0.25) is 0 Å². The summed E-state index contributed by atoms with van der Waals surface area (Å²) < 4.78 is 0. The van der Waals surface area contributed by atoms with E-state index in [1.54, 1.807) is 11.1 Å². The zero-order valence-electron chi connectivity index (χ0n) is 13.2. The number of benzene rings is 1. The monoisotopic (exact) mass is 296 g/mol. The standard InChI is InChI=1S/C20H24O2/c1-20-11-10-16-15-5-3-2-4-13(15)6-8-17(16)18(20)9-7-14(20)12-19(21)22/h2-5,12,16-18H,6-11H2,1H3,(H,21,22)/b14-12+. The van der Waals surface area contributed by atoms with Crippen LogP contribution >= 0.6 is 0 Å². The summed E-state index contributed by atoms with van der Waals surface area (Å²) in [7, 11) is 0. The highest BCUT2D eigenvalue weighted by molar-refractivity contribution is 5.81. The molecular weight excluding hydrogens is 272 g/mol. The molecule has 22 heavy (non-hydrogen) atoms. The molecule has 0 heterocycles. The van der Waals surface area contributed by atoms with E-state index in [1.165, 1.54) is 37.3 Å². The zero-order valence-corrected chi connectivity index (χ0v) is 13.2. The van der Waals surface area contributed by atoms with Crippen molar-refractivity contribution in [3.8, 4) is 0 Å². The molecule has 4 rings (SSSR count). The number of rotatable bonds is 1. The summed E-state index contributed by atoms with van der Waals surface area (Å²) in [6.45, 7) is 2.33. The third-order valence-electron chi connectivity index (χ3n) is 6.78. The first-order chi connectivity index (χ1) is 10.6. The van der Waals surface area contributed by atoms with Gasteiger partial charge in [0, 0.05) is 6.08 Å². The number of fused-ring (bicyclic) bond motifs is 5. The predicted octanol–water partition coefficient (Wildman–Crippen LogP) is 4.55. The minimum absolute atomic E-state index is 0.131. The maximum Gasteiger partial charge on any atom is 0.328 e. The van der Waals surface area contributed by atoms with Crippen molar-refractivity contribution in [2.45, 2.75) is 51.4 Å². The Balaban J connectivity index is 1.69. The van der Waals surface area contributed by atoms with E-state index in [4.69, 9.17) is 5.11 Å². The molecule has 116 valence electrons. The molecule has 2 saturated carbocycles. The van der Waals surface area contributed by atoms with Gasteiger partial charge in [-0.1, -0.05) is 36.8 Å². The molecule has 0 aliphatic heterocycles. The second kappa shape index (κ2) is 4.97. The topological polar surface area (TPSA) is 37.3 Å². The van der Waals surface area contributed by atoms with Crippen LogP contribution < -0.4 is 0 Å². The SMILES string of the molecule is CC12CCC3c4ccccc4CCC3C1CC/C2=C\C(=O)O. The van der Waals surface area contributed by atoms with Gasteiger partial charge in [-0.15, -0.1) is 0 Å². The first-order valence-corrected chi connectivity index (χ1v) is 8.61. The van der Waals surface area contributed by atoms with Crippen molar-refractivity contribution in [1.29, 1.82) is 0 Å². The third kappa shape index (κ3) is 1.96. The number of hydrogen-bond acceptors (Lipinski definition) is 1. The molecule has 3 aliphatic rings. The number of carboxylic acids is 1. The van der Waals surface area contributed by atoms with Gasteiger partial charge in [0.15, 0.2) is 0 Å². The first-order valence-electron chi connectivity index (χ1n) is 8.61. The van der Waals surface area contributed by atoms with Crippen molar-refractivity contribution in [3.05, 3.63) is 47.0 Å². The van der Waals surface area contributed by atoms with Gasteiger partial charge in [0.1, 0.15) is 0 Å². The van der Waals surface area contributed by atoms with Crippen LogP contribution in [0, 0.1) is 17.3 Å². The summed E-state index contributed by atoms with van der Waals surface area (Å²) in [5, 5.41) is 9.16. The van der Waals surface area contributed by atoms with Gasteiger partial charge in [-0.05, 0) is 72.8 Å². The lowest BCUT2D eigenvalue weighted by Gasteiger charge is -2.49. The summed E-state index contributed by atoms with van der Waals surface area (Å²) in [4.78, 5) is 11.1. The molecule has 2 heteroatoms. The number of aliphatic carboxylic acids is 1. The van der Waals surface area contributed by atoms with E-state index in [1.807, 2.05) is 0 Å². The van der Waals surface area contributed by atoms with Crippen molar-refractivity contribution in [3.63, 3.8) is 0 Å². The van der Waals surface area contributed by atoms with Crippen LogP contribution in [0.25, 0.3) is 0 Å². The summed E-state index contributed by atoms with van der Waals surface area (Å²) in [6, 6.07) is 8.97. The highest BCUT2D eigenvalue weighted by Crippen LogP contribution is 2.62. The van der Waals surface area contributed by atoms with Crippen LogP contribution in [0.1, 0.15) is 56.1 Å². The largest absolute Gasteiger partial charge is 0.478 e. The summed E-state index contributed by atoms with van der Waals surface area (Å²) in [5.74, 6) is 1.35. The summed E-state index contributed by atoms with van der Waals surface area (Å²) in [5.41, 5.74) is 4.46. The molecule has 4 atom stereocenters. The molecule has 0 saturated heterocycles. The fraction of sp³-hybridized carbons (Fsp3) is 0.550. The van der Waals surface area contributed by atoms with Crippen LogP contribution in [0.5, 0.6) is 0 Å². The number of aryl methyl sites for hydroxylation is 1. The van der Waals surface area contributed by atoms with Gasteiger partial charge >= 0.3 is 5.97 Å². The number of carbonyl (C=O) groups is 1. The van der Waals surface area contributed by atoms with Gasteiger partial charge in [-0.2, -0.15) is 0 Å². The lowest BCUT2D eigenvalue weighted by atomic mass is 9.55. The Labute approximate surface area is 132 Å². The second-order valence-electron chi connectivity index (χ2n) is 7.62. The molecule has 4 unspecified atom stereocenters. The van der Waals surface area contributed by atoms with E-state index in [0.29, 0.717) is 11.8 Å². The molecule has 2 nitrogen and oxygen atoms in total. The molecule has 0 spiro atoms. The Bertz CT molecular complexity index is 645. The minimum atomic E-state index is -0.770. The highest BCUT2D eigenvalue weighted by Gasteiger charge is 2.52. The fourth-order valence-corrected chi connectivity index (χ4v) is 5.76. The summed E-state index contributed by atoms with van der Waals surface area (Å²) in [6.07, 6.45) is 8.51. The van der Waals surface area contributed by atoms with Crippen LogP contribution in [0.2, 0.25) is 0 Å². The van der Waals surface area contributed by atoms with Gasteiger partial charge in [0.05, 0.1) is 0 Å². The van der Waals surface area contributed by atoms with E-state index in [2.05, 4.69) is 31.2 Å². The molecular formula is C20H24O2. The lowest BCUT2D eigenvalue weighted by molar-refractivity contribution is -0.131. The maximum atomic E-state index is 11.1.